The van der Waals surface area contributed by atoms with Crippen LogP contribution < -0.4 is 4.74 Å². The van der Waals surface area contributed by atoms with Crippen molar-refractivity contribution in [3.05, 3.63) is 24.2 Å². The van der Waals surface area contributed by atoms with E-state index in [9.17, 15) is 0 Å². The number of ether oxygens (including phenoxy) is 1. The Morgan fingerprint density at radius 2 is 2.32 bits per heavy atom. The molecule has 3 rings (SSSR count). The molecule has 0 N–H and O–H groups in total. The SMILES string of the molecule is CCN1CCC(Cc2nc3ccc(OC)cn3n2)C1. The maximum absolute atomic E-state index is 5.20. The van der Waals surface area contributed by atoms with Crippen molar-refractivity contribution in [1.29, 1.82) is 0 Å². The number of fused-ring (bicyclic) bond motifs is 1. The molecule has 2 aromatic heterocycles. The number of aromatic nitrogens is 3. The van der Waals surface area contributed by atoms with E-state index in [0.29, 0.717) is 5.92 Å². The molecule has 1 unspecified atom stereocenters. The van der Waals surface area contributed by atoms with Crippen LogP contribution in [0.2, 0.25) is 0 Å². The van der Waals surface area contributed by atoms with E-state index >= 15 is 0 Å². The van der Waals surface area contributed by atoms with Crippen LogP contribution in [0.5, 0.6) is 5.75 Å². The summed E-state index contributed by atoms with van der Waals surface area (Å²) >= 11 is 0. The van der Waals surface area contributed by atoms with E-state index in [-0.39, 0.29) is 0 Å². The van der Waals surface area contributed by atoms with Crippen LogP contribution in [0.4, 0.5) is 0 Å². The van der Waals surface area contributed by atoms with Crippen LogP contribution in [0, 0.1) is 5.92 Å². The topological polar surface area (TPSA) is 42.7 Å². The molecular weight excluding hydrogens is 240 g/mol. The van der Waals surface area contributed by atoms with Crippen molar-refractivity contribution in [2.24, 2.45) is 5.92 Å². The molecule has 2 aromatic rings. The van der Waals surface area contributed by atoms with Gasteiger partial charge in [0.25, 0.3) is 0 Å². The van der Waals surface area contributed by atoms with Crippen molar-refractivity contribution in [3.8, 4) is 5.75 Å². The first-order valence-corrected chi connectivity index (χ1v) is 6.90. The third kappa shape index (κ3) is 2.56. The van der Waals surface area contributed by atoms with Gasteiger partial charge in [0.2, 0.25) is 0 Å². The zero-order valence-electron chi connectivity index (χ0n) is 11.5. The van der Waals surface area contributed by atoms with Crippen molar-refractivity contribution >= 4 is 5.65 Å². The third-order valence-electron chi connectivity index (χ3n) is 3.87. The second-order valence-corrected chi connectivity index (χ2v) is 5.15. The molecule has 0 radical (unpaired) electrons. The maximum atomic E-state index is 5.20. The first kappa shape index (κ1) is 12.4. The number of hydrogen-bond acceptors (Lipinski definition) is 4. The zero-order chi connectivity index (χ0) is 13.2. The Bertz CT molecular complexity index is 566. The number of likely N-dealkylation sites (tertiary alicyclic amines) is 1. The van der Waals surface area contributed by atoms with Gasteiger partial charge in [0.15, 0.2) is 11.5 Å². The van der Waals surface area contributed by atoms with E-state index in [0.717, 1.165) is 30.2 Å². The van der Waals surface area contributed by atoms with Crippen molar-refractivity contribution in [1.82, 2.24) is 19.5 Å². The molecule has 0 bridgehead atoms. The summed E-state index contributed by atoms with van der Waals surface area (Å²) in [4.78, 5) is 7.07. The molecule has 1 saturated heterocycles. The maximum Gasteiger partial charge on any atom is 0.155 e. The Morgan fingerprint density at radius 1 is 1.42 bits per heavy atom. The van der Waals surface area contributed by atoms with Crippen molar-refractivity contribution < 1.29 is 4.74 Å². The van der Waals surface area contributed by atoms with Gasteiger partial charge in [-0.05, 0) is 37.6 Å². The van der Waals surface area contributed by atoms with Crippen LogP contribution in [-0.4, -0.2) is 46.2 Å². The molecule has 0 spiro atoms. The average Bonchev–Trinajstić information content (AvgIpc) is 3.03. The normalized spacial score (nSPS) is 20.2. The zero-order valence-corrected chi connectivity index (χ0v) is 11.5. The molecule has 3 heterocycles. The lowest BCUT2D eigenvalue weighted by molar-refractivity contribution is 0.341. The van der Waals surface area contributed by atoms with E-state index in [1.165, 1.54) is 19.5 Å². The van der Waals surface area contributed by atoms with E-state index in [1.807, 2.05) is 18.3 Å². The third-order valence-corrected chi connectivity index (χ3v) is 3.87. The predicted octanol–water partition coefficient (Wildman–Crippen LogP) is 1.62. The van der Waals surface area contributed by atoms with Gasteiger partial charge in [-0.15, -0.1) is 0 Å². The number of nitrogens with zero attached hydrogens (tertiary/aromatic N) is 4. The molecule has 1 atom stereocenters. The molecule has 5 nitrogen and oxygen atoms in total. The number of methoxy groups -OCH3 is 1. The lowest BCUT2D eigenvalue weighted by Gasteiger charge is -2.11. The van der Waals surface area contributed by atoms with Crippen LogP contribution in [0.15, 0.2) is 18.3 Å². The molecule has 19 heavy (non-hydrogen) atoms. The Balaban J connectivity index is 1.75. The van der Waals surface area contributed by atoms with Gasteiger partial charge in [0.05, 0.1) is 13.3 Å². The second kappa shape index (κ2) is 5.17. The van der Waals surface area contributed by atoms with Crippen molar-refractivity contribution in [3.63, 3.8) is 0 Å². The molecule has 1 fully saturated rings. The second-order valence-electron chi connectivity index (χ2n) is 5.15. The predicted molar refractivity (Wildman–Crippen MR) is 73.5 cm³/mol. The van der Waals surface area contributed by atoms with Gasteiger partial charge >= 0.3 is 0 Å². The summed E-state index contributed by atoms with van der Waals surface area (Å²) in [7, 11) is 1.66. The van der Waals surface area contributed by atoms with E-state index in [2.05, 4.69) is 21.9 Å². The molecule has 0 saturated carbocycles. The molecule has 1 aliphatic rings. The minimum Gasteiger partial charge on any atom is -0.495 e. The summed E-state index contributed by atoms with van der Waals surface area (Å²) in [6.07, 6.45) is 4.10. The molecule has 102 valence electrons. The van der Waals surface area contributed by atoms with Gasteiger partial charge in [-0.2, -0.15) is 5.10 Å². The van der Waals surface area contributed by atoms with Gasteiger partial charge in [-0.1, -0.05) is 6.92 Å². The highest BCUT2D eigenvalue weighted by Gasteiger charge is 2.22. The first-order valence-electron chi connectivity index (χ1n) is 6.90. The summed E-state index contributed by atoms with van der Waals surface area (Å²) in [6, 6.07) is 3.87. The molecule has 1 aliphatic heterocycles. The Labute approximate surface area is 113 Å². The van der Waals surface area contributed by atoms with Crippen LogP contribution in [0.25, 0.3) is 5.65 Å². The summed E-state index contributed by atoms with van der Waals surface area (Å²) in [5, 5.41) is 4.54. The molecular formula is C14H20N4O. The molecule has 0 aromatic carbocycles. The van der Waals surface area contributed by atoms with Gasteiger partial charge in [0, 0.05) is 13.0 Å². The Hall–Kier alpha value is -1.62. The number of rotatable bonds is 4. The number of pyridine rings is 1. The van der Waals surface area contributed by atoms with E-state index in [1.54, 1.807) is 11.6 Å². The smallest absolute Gasteiger partial charge is 0.155 e. The van der Waals surface area contributed by atoms with Crippen LogP contribution in [0.3, 0.4) is 0 Å². The monoisotopic (exact) mass is 260 g/mol. The standard InChI is InChI=1S/C14H20N4O/c1-3-17-7-6-11(9-17)8-13-15-14-5-4-12(19-2)10-18(14)16-13/h4-5,10-11H,3,6-9H2,1-2H3. The quantitative estimate of drug-likeness (QED) is 0.838. The Morgan fingerprint density at radius 3 is 3.05 bits per heavy atom. The minimum atomic E-state index is 0.694. The lowest BCUT2D eigenvalue weighted by atomic mass is 10.1. The highest BCUT2D eigenvalue weighted by Crippen LogP contribution is 2.20. The van der Waals surface area contributed by atoms with Gasteiger partial charge in [0.1, 0.15) is 5.75 Å². The van der Waals surface area contributed by atoms with E-state index < -0.39 is 0 Å². The average molecular weight is 260 g/mol. The fourth-order valence-corrected chi connectivity index (χ4v) is 2.74. The summed E-state index contributed by atoms with van der Waals surface area (Å²) in [5.74, 6) is 2.44. The molecule has 0 aliphatic carbocycles. The Kier molecular flexibility index (Phi) is 3.38. The van der Waals surface area contributed by atoms with Crippen molar-refractivity contribution in [2.45, 2.75) is 19.8 Å². The van der Waals surface area contributed by atoms with Crippen LogP contribution >= 0.6 is 0 Å². The highest BCUT2D eigenvalue weighted by atomic mass is 16.5. The summed E-state index contributed by atoms with van der Waals surface area (Å²) < 4.78 is 7.00. The number of hydrogen-bond donors (Lipinski definition) is 0. The molecule has 0 amide bonds. The molecule has 5 heteroatoms. The van der Waals surface area contributed by atoms with Gasteiger partial charge in [-0.25, -0.2) is 9.50 Å². The highest BCUT2D eigenvalue weighted by molar-refractivity contribution is 5.40. The fraction of sp³-hybridized carbons (Fsp3) is 0.571. The van der Waals surface area contributed by atoms with Crippen LogP contribution in [-0.2, 0) is 6.42 Å². The lowest BCUT2D eigenvalue weighted by Crippen LogP contribution is -2.20. The summed E-state index contributed by atoms with van der Waals surface area (Å²) in [6.45, 7) is 5.75. The summed E-state index contributed by atoms with van der Waals surface area (Å²) in [5.41, 5.74) is 0.890. The fourth-order valence-electron chi connectivity index (χ4n) is 2.74. The van der Waals surface area contributed by atoms with Crippen molar-refractivity contribution in [2.75, 3.05) is 26.7 Å². The van der Waals surface area contributed by atoms with Crippen LogP contribution in [0.1, 0.15) is 19.2 Å². The van der Waals surface area contributed by atoms with E-state index in [4.69, 9.17) is 4.74 Å². The largest absolute Gasteiger partial charge is 0.495 e. The van der Waals surface area contributed by atoms with Gasteiger partial charge in [-0.3, -0.25) is 0 Å². The first-order chi connectivity index (χ1) is 9.28. The minimum absolute atomic E-state index is 0.694. The van der Waals surface area contributed by atoms with Gasteiger partial charge < -0.3 is 9.64 Å².